The fourth-order valence-electron chi connectivity index (χ4n) is 2.84. The van der Waals surface area contributed by atoms with Crippen LogP contribution in [0.15, 0.2) is 12.4 Å². The second-order valence-electron chi connectivity index (χ2n) is 6.40. The van der Waals surface area contributed by atoms with E-state index in [1.54, 1.807) is 0 Å². The van der Waals surface area contributed by atoms with Crippen LogP contribution in [0.3, 0.4) is 0 Å². The second kappa shape index (κ2) is 7.57. The van der Waals surface area contributed by atoms with E-state index in [-0.39, 0.29) is 6.10 Å². The predicted molar refractivity (Wildman–Crippen MR) is 79.1 cm³/mol. The highest BCUT2D eigenvalue weighted by Crippen LogP contribution is 2.35. The first-order chi connectivity index (χ1) is 9.72. The Balaban J connectivity index is 2.61. The van der Waals surface area contributed by atoms with Gasteiger partial charge in [0.15, 0.2) is 5.83 Å². The Kier molecular flexibility index (Phi) is 6.37. The minimum Gasteiger partial charge on any atom is -0.461 e. The molecule has 0 aromatic carbocycles. The van der Waals surface area contributed by atoms with E-state index in [9.17, 15) is 14.0 Å². The van der Waals surface area contributed by atoms with E-state index in [0.29, 0.717) is 17.8 Å². The van der Waals surface area contributed by atoms with Crippen LogP contribution in [-0.4, -0.2) is 24.0 Å². The number of ether oxygens (including phenoxy) is 1. The Hall–Kier alpha value is -1.39. The monoisotopic (exact) mass is 299 g/mol. The minimum atomic E-state index is -1.11. The van der Waals surface area contributed by atoms with Crippen molar-refractivity contribution in [1.29, 1.82) is 0 Å². The Labute approximate surface area is 126 Å². The molecule has 1 aliphatic carbocycles. The normalized spacial score (nSPS) is 27.0. The van der Waals surface area contributed by atoms with E-state index in [1.165, 1.54) is 6.92 Å². The summed E-state index contributed by atoms with van der Waals surface area (Å²) >= 11 is 0. The summed E-state index contributed by atoms with van der Waals surface area (Å²) in [6.07, 6.45) is 2.89. The molecule has 3 unspecified atom stereocenters. The lowest BCUT2D eigenvalue weighted by atomic mass is 9.75. The van der Waals surface area contributed by atoms with Gasteiger partial charge in [0.2, 0.25) is 0 Å². The molecule has 0 heterocycles. The number of hydrogen-bond donors (Lipinski definition) is 1. The number of amides is 1. The molecule has 1 fully saturated rings. The summed E-state index contributed by atoms with van der Waals surface area (Å²) in [6, 6.07) is -0.880. The Bertz CT molecular complexity index is 408. The third kappa shape index (κ3) is 5.14. The lowest BCUT2D eigenvalue weighted by Crippen LogP contribution is -2.43. The van der Waals surface area contributed by atoms with Gasteiger partial charge in [0.1, 0.15) is 12.1 Å². The number of nitrogens with one attached hydrogen (secondary N) is 1. The van der Waals surface area contributed by atoms with Gasteiger partial charge in [-0.1, -0.05) is 33.8 Å². The summed E-state index contributed by atoms with van der Waals surface area (Å²) in [7, 11) is 0. The molecule has 0 radical (unpaired) electrons. The molecular formula is C16H26FNO3. The van der Waals surface area contributed by atoms with E-state index in [1.807, 2.05) is 0 Å². The van der Waals surface area contributed by atoms with Crippen LogP contribution >= 0.6 is 0 Å². The van der Waals surface area contributed by atoms with E-state index < -0.39 is 23.7 Å². The van der Waals surface area contributed by atoms with Gasteiger partial charge in [-0.3, -0.25) is 4.79 Å². The SMILES string of the molecule is C=C(F)C(=O)N[C@@H](C)C(=O)OC1CC(C)CCC1C(C)C. The lowest BCUT2D eigenvalue weighted by Gasteiger charge is -2.37. The highest BCUT2D eigenvalue weighted by Gasteiger charge is 2.34. The van der Waals surface area contributed by atoms with Crippen molar-refractivity contribution in [2.75, 3.05) is 0 Å². The molecule has 1 N–H and O–H groups in total. The number of rotatable bonds is 5. The van der Waals surface area contributed by atoms with Crippen molar-refractivity contribution in [3.63, 3.8) is 0 Å². The van der Waals surface area contributed by atoms with E-state index >= 15 is 0 Å². The van der Waals surface area contributed by atoms with Crippen LogP contribution in [0.5, 0.6) is 0 Å². The third-order valence-corrected chi connectivity index (χ3v) is 4.18. The Morgan fingerprint density at radius 2 is 1.90 bits per heavy atom. The molecule has 0 saturated heterocycles. The molecule has 0 bridgehead atoms. The van der Waals surface area contributed by atoms with Crippen LogP contribution in [0.25, 0.3) is 0 Å². The molecule has 1 aliphatic rings. The molecule has 21 heavy (non-hydrogen) atoms. The molecule has 0 aromatic heterocycles. The number of carbonyl (C=O) groups is 2. The zero-order valence-corrected chi connectivity index (χ0v) is 13.3. The fraction of sp³-hybridized carbons (Fsp3) is 0.750. The van der Waals surface area contributed by atoms with Crippen molar-refractivity contribution in [3.8, 4) is 0 Å². The van der Waals surface area contributed by atoms with E-state index in [2.05, 4.69) is 32.7 Å². The molecule has 0 aromatic rings. The number of halogens is 1. The molecule has 120 valence electrons. The van der Waals surface area contributed by atoms with Crippen LogP contribution < -0.4 is 5.32 Å². The van der Waals surface area contributed by atoms with E-state index in [0.717, 1.165) is 19.3 Å². The van der Waals surface area contributed by atoms with E-state index in [4.69, 9.17) is 4.74 Å². The first kappa shape index (κ1) is 17.7. The Morgan fingerprint density at radius 1 is 1.29 bits per heavy atom. The third-order valence-electron chi connectivity index (χ3n) is 4.18. The number of esters is 1. The molecule has 1 rings (SSSR count). The molecule has 4 atom stereocenters. The van der Waals surface area contributed by atoms with Crippen molar-refractivity contribution in [3.05, 3.63) is 12.4 Å². The second-order valence-corrected chi connectivity index (χ2v) is 6.40. The zero-order valence-electron chi connectivity index (χ0n) is 13.3. The summed E-state index contributed by atoms with van der Waals surface area (Å²) in [4.78, 5) is 23.2. The van der Waals surface area contributed by atoms with Gasteiger partial charge in [-0.25, -0.2) is 9.18 Å². The molecule has 4 nitrogen and oxygen atoms in total. The predicted octanol–water partition coefficient (Wildman–Crippen LogP) is 2.98. The highest BCUT2D eigenvalue weighted by atomic mass is 19.1. The van der Waals surface area contributed by atoms with Gasteiger partial charge in [0.05, 0.1) is 0 Å². The molecule has 0 aliphatic heterocycles. The molecular weight excluding hydrogens is 273 g/mol. The quantitative estimate of drug-likeness (QED) is 0.627. The lowest BCUT2D eigenvalue weighted by molar-refractivity contribution is -0.158. The van der Waals surface area contributed by atoms with Gasteiger partial charge >= 0.3 is 5.97 Å². The standard InChI is InChI=1S/C16H26FNO3/c1-9(2)13-7-6-10(3)8-14(13)21-16(20)12(5)18-15(19)11(4)17/h9-10,12-14H,4,6-8H2,1-3,5H3,(H,18,19)/t10?,12-,13?,14?/m0/s1. The van der Waals surface area contributed by atoms with Crippen LogP contribution in [0.4, 0.5) is 4.39 Å². The van der Waals surface area contributed by atoms with Gasteiger partial charge in [0.25, 0.3) is 5.91 Å². The topological polar surface area (TPSA) is 55.4 Å². The maximum Gasteiger partial charge on any atom is 0.328 e. The van der Waals surface area contributed by atoms with Gasteiger partial charge in [-0.15, -0.1) is 0 Å². The average Bonchev–Trinajstić information content (AvgIpc) is 2.37. The maximum absolute atomic E-state index is 12.6. The van der Waals surface area contributed by atoms with Crippen molar-refractivity contribution in [2.45, 2.75) is 59.1 Å². The largest absolute Gasteiger partial charge is 0.461 e. The van der Waals surface area contributed by atoms with Gasteiger partial charge in [-0.2, -0.15) is 0 Å². The summed E-state index contributed by atoms with van der Waals surface area (Å²) in [5, 5.41) is 2.24. The summed E-state index contributed by atoms with van der Waals surface area (Å²) in [6.45, 7) is 10.8. The van der Waals surface area contributed by atoms with Crippen LogP contribution in [-0.2, 0) is 14.3 Å². The van der Waals surface area contributed by atoms with Crippen LogP contribution in [0, 0.1) is 17.8 Å². The van der Waals surface area contributed by atoms with Crippen molar-refractivity contribution in [2.24, 2.45) is 17.8 Å². The number of carbonyl (C=O) groups excluding carboxylic acids is 2. The fourth-order valence-corrected chi connectivity index (χ4v) is 2.84. The average molecular weight is 299 g/mol. The molecule has 0 spiro atoms. The minimum absolute atomic E-state index is 0.130. The highest BCUT2D eigenvalue weighted by molar-refractivity contribution is 5.93. The number of hydrogen-bond acceptors (Lipinski definition) is 3. The maximum atomic E-state index is 12.6. The van der Waals surface area contributed by atoms with Gasteiger partial charge in [-0.05, 0) is 37.5 Å². The Morgan fingerprint density at radius 3 is 2.43 bits per heavy atom. The van der Waals surface area contributed by atoms with Gasteiger partial charge < -0.3 is 10.1 Å². The summed E-state index contributed by atoms with van der Waals surface area (Å²) in [5.41, 5.74) is 0. The molecule has 1 saturated carbocycles. The van der Waals surface area contributed by atoms with Crippen LogP contribution in [0.2, 0.25) is 0 Å². The van der Waals surface area contributed by atoms with Crippen molar-refractivity contribution in [1.82, 2.24) is 5.32 Å². The smallest absolute Gasteiger partial charge is 0.328 e. The zero-order chi connectivity index (χ0) is 16.2. The van der Waals surface area contributed by atoms with Crippen molar-refractivity contribution < 1.29 is 18.7 Å². The van der Waals surface area contributed by atoms with Gasteiger partial charge in [0, 0.05) is 0 Å². The van der Waals surface area contributed by atoms with Crippen molar-refractivity contribution >= 4 is 11.9 Å². The summed E-state index contributed by atoms with van der Waals surface area (Å²) < 4.78 is 18.2. The van der Waals surface area contributed by atoms with Crippen LogP contribution in [0.1, 0.15) is 47.0 Å². The molecule has 1 amide bonds. The first-order valence-electron chi connectivity index (χ1n) is 7.58. The first-order valence-corrected chi connectivity index (χ1v) is 7.58. The summed E-state index contributed by atoms with van der Waals surface area (Å²) in [5.74, 6) is -1.31. The molecule has 5 heteroatoms.